The molecule has 9 aliphatic heterocycles. The minimum Gasteiger partial charge on any atom is -0.368 e. The second-order valence-electron chi connectivity index (χ2n) is 17.4. The zero-order valence-corrected chi connectivity index (χ0v) is 27.2. The first-order valence-electron chi connectivity index (χ1n) is 18.6. The van der Waals surface area contributed by atoms with Gasteiger partial charge in [-0.15, -0.1) is 0 Å². The van der Waals surface area contributed by atoms with Crippen LogP contribution in [0.1, 0.15) is 69.9 Å². The topological polar surface area (TPSA) is 47.1 Å². The largest absolute Gasteiger partial charge is 0.368 e. The quantitative estimate of drug-likeness (QED) is 0.406. The van der Waals surface area contributed by atoms with Crippen molar-refractivity contribution in [1.29, 1.82) is 0 Å². The Kier molecular flexibility index (Phi) is 4.18. The lowest BCUT2D eigenvalue weighted by Crippen LogP contribution is -2.71. The van der Waals surface area contributed by atoms with Crippen molar-refractivity contribution in [3.05, 3.63) is 70.9 Å². The molecule has 3 spiro atoms. The van der Waals surface area contributed by atoms with E-state index in [4.69, 9.17) is 14.5 Å². The van der Waals surface area contributed by atoms with E-state index in [-0.39, 0.29) is 27.1 Å². The van der Waals surface area contributed by atoms with E-state index < -0.39 is 0 Å². The Morgan fingerprint density at radius 1 is 0.783 bits per heavy atom. The van der Waals surface area contributed by atoms with Crippen molar-refractivity contribution in [1.82, 2.24) is 9.80 Å². The van der Waals surface area contributed by atoms with E-state index in [9.17, 15) is 0 Å². The van der Waals surface area contributed by atoms with Gasteiger partial charge in [0.05, 0.1) is 40.9 Å². The summed E-state index contributed by atoms with van der Waals surface area (Å²) in [4.78, 5) is 14.5. The summed E-state index contributed by atoms with van der Waals surface area (Å²) in [6.07, 6.45) is 10.1. The molecule has 0 aromatic heterocycles. The molecule has 6 saturated heterocycles. The molecule has 0 N–H and O–H groups in total. The van der Waals surface area contributed by atoms with Gasteiger partial charge in [0, 0.05) is 65.1 Å². The number of ether oxygens (including phenoxy) is 2. The van der Waals surface area contributed by atoms with E-state index in [1.54, 1.807) is 22.5 Å². The van der Waals surface area contributed by atoms with Crippen LogP contribution in [0.25, 0.3) is 0 Å². The number of nitrogens with zero attached hydrogens (tertiary/aromatic N) is 4. The number of benzene rings is 2. The summed E-state index contributed by atoms with van der Waals surface area (Å²) in [6.45, 7) is 10.7. The Labute approximate surface area is 271 Å². The number of anilines is 1. The number of rotatable bonds is 2. The van der Waals surface area contributed by atoms with Crippen molar-refractivity contribution in [2.75, 3.05) is 37.6 Å². The zero-order valence-electron chi connectivity index (χ0n) is 27.2. The Morgan fingerprint density at radius 2 is 1.46 bits per heavy atom. The molecule has 0 bridgehead atoms. The highest BCUT2D eigenvalue weighted by molar-refractivity contribution is 6.08. The first kappa shape index (κ1) is 25.5. The van der Waals surface area contributed by atoms with Gasteiger partial charge in [0.1, 0.15) is 0 Å². The SMILES string of the molecule is CCC12CC3(CC4=C5N(C3)c3ccccc3C53CCN5CC6OC6C(CC)(C4)C53)C3=Nc4ccccc4C34CCN(CC3OC31)C42. The van der Waals surface area contributed by atoms with E-state index >= 15 is 0 Å². The lowest BCUT2D eigenvalue weighted by Gasteiger charge is -2.64. The monoisotopic (exact) mass is 612 g/mol. The number of para-hydroxylation sites is 2. The summed E-state index contributed by atoms with van der Waals surface area (Å²) in [7, 11) is 0. The first-order chi connectivity index (χ1) is 22.5. The van der Waals surface area contributed by atoms with Crippen LogP contribution in [-0.2, 0) is 20.3 Å². The molecule has 6 nitrogen and oxygen atoms in total. The fraction of sp³-hybridized carbons (Fsp3) is 0.625. The summed E-state index contributed by atoms with van der Waals surface area (Å²) in [5.41, 5.74) is 11.3. The van der Waals surface area contributed by atoms with Crippen LogP contribution in [0.5, 0.6) is 0 Å². The van der Waals surface area contributed by atoms with Gasteiger partial charge in [-0.1, -0.05) is 50.2 Å². The maximum atomic E-state index is 6.72. The van der Waals surface area contributed by atoms with Crippen molar-refractivity contribution < 1.29 is 9.47 Å². The predicted molar refractivity (Wildman–Crippen MR) is 177 cm³/mol. The third-order valence-corrected chi connectivity index (χ3v) is 16.3. The van der Waals surface area contributed by atoms with Crippen LogP contribution in [0.3, 0.4) is 0 Å². The third-order valence-electron chi connectivity index (χ3n) is 16.3. The first-order valence-corrected chi connectivity index (χ1v) is 18.6. The molecule has 46 heavy (non-hydrogen) atoms. The lowest BCUT2D eigenvalue weighted by molar-refractivity contribution is -0.0218. The molecule has 9 heterocycles. The number of hydrogen-bond acceptors (Lipinski definition) is 6. The normalized spacial score (nSPS) is 50.7. The van der Waals surface area contributed by atoms with Gasteiger partial charge in [-0.25, -0.2) is 0 Å². The number of aliphatic imine (C=N–C) groups is 1. The number of fused-ring (bicyclic) bond motifs is 8. The number of allylic oxidation sites excluding steroid dienone is 1. The van der Waals surface area contributed by atoms with Crippen molar-refractivity contribution in [3.8, 4) is 0 Å². The average Bonchev–Trinajstić information content (AvgIpc) is 3.90. The molecule has 2 aromatic carbocycles. The highest BCUT2D eigenvalue weighted by Crippen LogP contribution is 2.75. The third kappa shape index (κ3) is 2.40. The van der Waals surface area contributed by atoms with E-state index in [1.807, 2.05) is 0 Å². The van der Waals surface area contributed by atoms with Gasteiger partial charge in [-0.05, 0) is 86.9 Å². The van der Waals surface area contributed by atoms with Crippen molar-refractivity contribution in [2.45, 2.75) is 106 Å². The van der Waals surface area contributed by atoms with Crippen LogP contribution in [0.15, 0.2) is 64.8 Å². The van der Waals surface area contributed by atoms with E-state index in [1.165, 1.54) is 75.0 Å². The van der Waals surface area contributed by atoms with Crippen LogP contribution in [0.4, 0.5) is 11.4 Å². The molecule has 0 amide bonds. The molecule has 7 fully saturated rings. The van der Waals surface area contributed by atoms with E-state index in [0.29, 0.717) is 36.5 Å². The molecule has 11 unspecified atom stereocenters. The molecule has 13 rings (SSSR count). The molecular weight excluding hydrogens is 568 g/mol. The summed E-state index contributed by atoms with van der Waals surface area (Å²) in [5.74, 6) is 0. The van der Waals surface area contributed by atoms with Gasteiger partial charge in [-0.3, -0.25) is 14.8 Å². The van der Waals surface area contributed by atoms with Crippen LogP contribution in [0.2, 0.25) is 0 Å². The highest BCUT2D eigenvalue weighted by atomic mass is 16.6. The van der Waals surface area contributed by atoms with Crippen LogP contribution in [-0.4, -0.2) is 84.7 Å². The van der Waals surface area contributed by atoms with Gasteiger partial charge in [-0.2, -0.15) is 0 Å². The van der Waals surface area contributed by atoms with Gasteiger partial charge >= 0.3 is 0 Å². The van der Waals surface area contributed by atoms with Crippen LogP contribution in [0, 0.1) is 16.2 Å². The smallest absolute Gasteiger partial charge is 0.0975 e. The van der Waals surface area contributed by atoms with Gasteiger partial charge in [0.25, 0.3) is 0 Å². The maximum absolute atomic E-state index is 6.72. The number of hydrogen-bond donors (Lipinski definition) is 0. The maximum Gasteiger partial charge on any atom is 0.0975 e. The number of epoxide rings is 2. The lowest BCUT2D eigenvalue weighted by atomic mass is 9.43. The van der Waals surface area contributed by atoms with Crippen LogP contribution < -0.4 is 4.90 Å². The van der Waals surface area contributed by atoms with Crippen molar-refractivity contribution in [2.24, 2.45) is 21.2 Å². The zero-order chi connectivity index (χ0) is 30.0. The fourth-order valence-electron chi connectivity index (χ4n) is 15.3. The molecule has 11 atom stereocenters. The molecule has 2 aliphatic carbocycles. The molecule has 2 aromatic rings. The fourth-order valence-corrected chi connectivity index (χ4v) is 15.3. The molecular formula is C40H44N4O2. The van der Waals surface area contributed by atoms with Crippen molar-refractivity contribution in [3.63, 3.8) is 0 Å². The van der Waals surface area contributed by atoms with E-state index in [2.05, 4.69) is 77.1 Å². The van der Waals surface area contributed by atoms with E-state index in [0.717, 1.165) is 19.6 Å². The van der Waals surface area contributed by atoms with Crippen molar-refractivity contribution >= 4 is 17.1 Å². The molecule has 0 radical (unpaired) electrons. The summed E-state index contributed by atoms with van der Waals surface area (Å²) in [5, 5.41) is 0. The Balaban J connectivity index is 1.08. The van der Waals surface area contributed by atoms with Gasteiger partial charge in [0.15, 0.2) is 0 Å². The predicted octanol–water partition coefficient (Wildman–Crippen LogP) is 5.72. The Bertz CT molecular complexity index is 1870. The molecule has 236 valence electrons. The summed E-state index contributed by atoms with van der Waals surface area (Å²) >= 11 is 0. The molecule has 11 aliphatic rings. The summed E-state index contributed by atoms with van der Waals surface area (Å²) < 4.78 is 13.4. The second-order valence-corrected chi connectivity index (χ2v) is 17.4. The standard InChI is InChI=1S/C40H44N4O2/c1-3-37-18-23-17-36(22-44-27-12-8-6-10-25(27)39(30(23)44)13-15-42(34(37)39)19-28-31(37)45-28)21-38(4-2)32-29(46-32)20-43-16-14-40(35(38)43)24-9-5-7-11-26(24)41-33(36)40/h5-12,28-29,31-32,34-35H,3-4,13-22H2,1-2H3. The Hall–Kier alpha value is -2.51. The molecule has 1 saturated carbocycles. The van der Waals surface area contributed by atoms with Crippen LogP contribution >= 0.6 is 0 Å². The second kappa shape index (κ2) is 7.54. The minimum absolute atomic E-state index is 0.00386. The van der Waals surface area contributed by atoms with Gasteiger partial charge < -0.3 is 14.4 Å². The minimum atomic E-state index is -0.00854. The molecule has 6 heteroatoms. The van der Waals surface area contributed by atoms with Gasteiger partial charge in [0.2, 0.25) is 0 Å². The Morgan fingerprint density at radius 3 is 2.24 bits per heavy atom. The average molecular weight is 613 g/mol. The number of piperidine rings is 2. The summed E-state index contributed by atoms with van der Waals surface area (Å²) in [6, 6.07) is 20.0. The highest BCUT2D eigenvalue weighted by Gasteiger charge is 2.80.